The average molecular weight is 437 g/mol. The number of rotatable bonds is 4. The average Bonchev–Trinajstić information content (AvgIpc) is 2.64. The van der Waals surface area contributed by atoms with Gasteiger partial charge in [0.1, 0.15) is 11.7 Å². The highest BCUT2D eigenvalue weighted by atomic mass is 19.3. The van der Waals surface area contributed by atoms with Crippen LogP contribution >= 0.6 is 0 Å². The Hall–Kier alpha value is -2.52. The zero-order valence-corrected chi connectivity index (χ0v) is 18.4. The molecule has 4 rings (SSSR count). The molecule has 8 nitrogen and oxygen atoms in total. The first kappa shape index (κ1) is 21.7. The maximum Gasteiger partial charge on any atom is 0.248 e. The number of nitrogens with zero attached hydrogens (tertiary/aromatic N) is 4. The summed E-state index contributed by atoms with van der Waals surface area (Å²) in [7, 11) is 1.86. The third kappa shape index (κ3) is 4.16. The summed E-state index contributed by atoms with van der Waals surface area (Å²) in [5.41, 5.74) is 1.29. The Bertz CT molecular complexity index is 877. The molecule has 3 heterocycles. The van der Waals surface area contributed by atoms with Crippen LogP contribution in [0.2, 0.25) is 0 Å². The van der Waals surface area contributed by atoms with Gasteiger partial charge in [0.15, 0.2) is 5.82 Å². The lowest BCUT2D eigenvalue weighted by molar-refractivity contribution is -0.143. The van der Waals surface area contributed by atoms with E-state index in [-0.39, 0.29) is 61.4 Å². The lowest BCUT2D eigenvalue weighted by Gasteiger charge is -2.42. The summed E-state index contributed by atoms with van der Waals surface area (Å²) >= 11 is 0. The van der Waals surface area contributed by atoms with Crippen molar-refractivity contribution in [3.63, 3.8) is 0 Å². The van der Waals surface area contributed by atoms with E-state index in [1.54, 1.807) is 4.90 Å². The number of carbonyl (C=O) groups is 2. The highest BCUT2D eigenvalue weighted by molar-refractivity contribution is 6.03. The van der Waals surface area contributed by atoms with Gasteiger partial charge >= 0.3 is 0 Å². The third-order valence-corrected chi connectivity index (χ3v) is 6.56. The minimum absolute atomic E-state index is 0.0100. The first-order valence-electron chi connectivity index (χ1n) is 10.9. The Kier molecular flexibility index (Phi) is 5.51. The van der Waals surface area contributed by atoms with Crippen molar-refractivity contribution in [1.29, 1.82) is 0 Å². The van der Waals surface area contributed by atoms with E-state index in [1.165, 1.54) is 0 Å². The molecule has 2 amide bonds. The van der Waals surface area contributed by atoms with Gasteiger partial charge in [-0.15, -0.1) is 0 Å². The largest absolute Gasteiger partial charge is 0.348 e. The van der Waals surface area contributed by atoms with Gasteiger partial charge in [0.2, 0.25) is 23.7 Å². The molecule has 0 radical (unpaired) electrons. The lowest BCUT2D eigenvalue weighted by Crippen LogP contribution is -2.59. The number of likely N-dealkylation sites (tertiary alicyclic amines) is 1. The van der Waals surface area contributed by atoms with Gasteiger partial charge in [-0.2, -0.15) is 4.98 Å². The standard InChI is InChI=1S/C21H30F2N6O2/c1-11(2)16-18(30)26-15-12(3)24-20(27-17(15)28(16)4)25-14-9-29(10-14)19(31)13-5-7-21(22,23)8-6-13/h11,13-14,16H,5-10H2,1-4H3,(H,26,30)(H,24,25,27). The van der Waals surface area contributed by atoms with Crippen molar-refractivity contribution in [2.75, 3.05) is 35.7 Å². The molecule has 170 valence electrons. The molecule has 1 atom stereocenters. The number of anilines is 3. The van der Waals surface area contributed by atoms with Crippen molar-refractivity contribution in [3.05, 3.63) is 5.69 Å². The number of amides is 2. The number of hydrogen-bond acceptors (Lipinski definition) is 6. The van der Waals surface area contributed by atoms with Crippen LogP contribution in [-0.4, -0.2) is 64.8 Å². The van der Waals surface area contributed by atoms with Gasteiger partial charge in [-0.1, -0.05) is 13.8 Å². The number of aryl methyl sites for hydroxylation is 1. The van der Waals surface area contributed by atoms with Crippen molar-refractivity contribution in [3.8, 4) is 0 Å². The topological polar surface area (TPSA) is 90.5 Å². The van der Waals surface area contributed by atoms with Crippen LogP contribution in [-0.2, 0) is 9.59 Å². The minimum Gasteiger partial charge on any atom is -0.348 e. The van der Waals surface area contributed by atoms with Gasteiger partial charge in [-0.05, 0) is 25.7 Å². The van der Waals surface area contributed by atoms with E-state index in [9.17, 15) is 18.4 Å². The molecule has 0 spiro atoms. The first-order chi connectivity index (χ1) is 14.6. The van der Waals surface area contributed by atoms with Crippen molar-refractivity contribution < 1.29 is 18.4 Å². The van der Waals surface area contributed by atoms with Crippen molar-refractivity contribution in [1.82, 2.24) is 14.9 Å². The Morgan fingerprint density at radius 1 is 1.23 bits per heavy atom. The second-order valence-electron chi connectivity index (χ2n) is 9.33. The molecule has 31 heavy (non-hydrogen) atoms. The van der Waals surface area contributed by atoms with Crippen molar-refractivity contribution in [2.24, 2.45) is 11.8 Å². The molecule has 1 saturated carbocycles. The molecule has 3 aliphatic rings. The van der Waals surface area contributed by atoms with Crippen LogP contribution in [0.15, 0.2) is 0 Å². The maximum atomic E-state index is 13.3. The summed E-state index contributed by atoms with van der Waals surface area (Å²) in [6.07, 6.45) is 0.0937. The highest BCUT2D eigenvalue weighted by Crippen LogP contribution is 2.38. The van der Waals surface area contributed by atoms with E-state index in [0.717, 1.165) is 0 Å². The Labute approximate surface area is 180 Å². The van der Waals surface area contributed by atoms with E-state index in [2.05, 4.69) is 20.6 Å². The van der Waals surface area contributed by atoms with Crippen LogP contribution in [0.25, 0.3) is 0 Å². The van der Waals surface area contributed by atoms with Gasteiger partial charge < -0.3 is 20.4 Å². The Balaban J connectivity index is 1.38. The molecule has 1 aromatic heterocycles. The molecule has 2 fully saturated rings. The Morgan fingerprint density at radius 2 is 1.87 bits per heavy atom. The van der Waals surface area contributed by atoms with Crippen LogP contribution in [0, 0.1) is 18.8 Å². The van der Waals surface area contributed by atoms with E-state index in [0.29, 0.717) is 36.2 Å². The summed E-state index contributed by atoms with van der Waals surface area (Å²) in [4.78, 5) is 37.7. The zero-order chi connectivity index (χ0) is 22.5. The minimum atomic E-state index is -2.63. The predicted molar refractivity (Wildman–Crippen MR) is 113 cm³/mol. The molecule has 2 aliphatic heterocycles. The quantitative estimate of drug-likeness (QED) is 0.754. The van der Waals surface area contributed by atoms with E-state index in [1.807, 2.05) is 32.7 Å². The fourth-order valence-electron chi connectivity index (χ4n) is 4.76. The van der Waals surface area contributed by atoms with Crippen LogP contribution in [0.1, 0.15) is 45.2 Å². The lowest BCUT2D eigenvalue weighted by atomic mass is 9.85. The molecular weight excluding hydrogens is 406 g/mol. The van der Waals surface area contributed by atoms with Crippen LogP contribution in [0.4, 0.5) is 26.2 Å². The van der Waals surface area contributed by atoms with Gasteiger partial charge in [-0.3, -0.25) is 9.59 Å². The highest BCUT2D eigenvalue weighted by Gasteiger charge is 2.41. The SMILES string of the molecule is Cc1nc(NC2CN(C(=O)C3CCC(F)(F)CC3)C2)nc2c1NC(=O)C(C(C)C)N2C. The summed E-state index contributed by atoms with van der Waals surface area (Å²) in [6, 6.07) is -0.301. The van der Waals surface area contributed by atoms with Crippen molar-refractivity contribution >= 4 is 29.3 Å². The summed E-state index contributed by atoms with van der Waals surface area (Å²) < 4.78 is 26.7. The molecular formula is C21H30F2N6O2. The van der Waals surface area contributed by atoms with Gasteiger partial charge in [0.25, 0.3) is 0 Å². The zero-order valence-electron chi connectivity index (χ0n) is 18.4. The number of carbonyl (C=O) groups excluding carboxylic acids is 2. The number of likely N-dealkylation sites (N-methyl/N-ethyl adjacent to an activating group) is 1. The van der Waals surface area contributed by atoms with Gasteiger partial charge in [0, 0.05) is 38.9 Å². The molecule has 1 saturated heterocycles. The van der Waals surface area contributed by atoms with Crippen LogP contribution in [0.3, 0.4) is 0 Å². The molecule has 0 aromatic carbocycles. The fourth-order valence-corrected chi connectivity index (χ4v) is 4.76. The number of hydrogen-bond donors (Lipinski definition) is 2. The Morgan fingerprint density at radius 3 is 2.48 bits per heavy atom. The molecule has 10 heteroatoms. The van der Waals surface area contributed by atoms with E-state index < -0.39 is 5.92 Å². The second kappa shape index (κ2) is 7.87. The molecule has 1 aromatic rings. The summed E-state index contributed by atoms with van der Waals surface area (Å²) in [5, 5.41) is 6.19. The summed E-state index contributed by atoms with van der Waals surface area (Å²) in [6.45, 7) is 6.82. The van der Waals surface area contributed by atoms with Crippen molar-refractivity contribution in [2.45, 2.75) is 64.5 Å². The second-order valence-corrected chi connectivity index (χ2v) is 9.33. The molecule has 2 N–H and O–H groups in total. The number of alkyl halides is 2. The number of aromatic nitrogens is 2. The summed E-state index contributed by atoms with van der Waals surface area (Å²) in [5.74, 6) is -1.77. The van der Waals surface area contributed by atoms with E-state index >= 15 is 0 Å². The predicted octanol–water partition coefficient (Wildman–Crippen LogP) is 2.65. The number of nitrogens with one attached hydrogen (secondary N) is 2. The van der Waals surface area contributed by atoms with E-state index in [4.69, 9.17) is 0 Å². The number of fused-ring (bicyclic) bond motifs is 1. The fraction of sp³-hybridized carbons (Fsp3) is 0.714. The molecule has 1 aliphatic carbocycles. The number of halogens is 2. The van der Waals surface area contributed by atoms with Gasteiger partial charge in [0.05, 0.1) is 11.7 Å². The monoisotopic (exact) mass is 436 g/mol. The maximum absolute atomic E-state index is 13.3. The van der Waals surface area contributed by atoms with Crippen LogP contribution < -0.4 is 15.5 Å². The van der Waals surface area contributed by atoms with Crippen LogP contribution in [0.5, 0.6) is 0 Å². The van der Waals surface area contributed by atoms with Gasteiger partial charge in [-0.25, -0.2) is 13.8 Å². The smallest absolute Gasteiger partial charge is 0.248 e. The first-order valence-corrected chi connectivity index (χ1v) is 10.9. The normalized spacial score (nSPS) is 24.0. The third-order valence-electron chi connectivity index (χ3n) is 6.56. The molecule has 1 unspecified atom stereocenters. The molecule has 0 bridgehead atoms.